The standard InChI is InChI=1S/C23H24N2O/c1-15-6-8-21-19(12-15)20-13-17(7-9-22(20)24-21)23(26)25-11-10-16-4-2-3-5-18(16)14-25/h2-6,8,12,17,24H,7,9-11,13-14H2,1H3. The number of carbonyl (C=O) groups excluding carboxylic acids is 1. The number of aromatic nitrogens is 1. The van der Waals surface area contributed by atoms with Crippen molar-refractivity contribution in [3.8, 4) is 0 Å². The fraction of sp³-hybridized carbons (Fsp3) is 0.348. The van der Waals surface area contributed by atoms with E-state index >= 15 is 0 Å². The lowest BCUT2D eigenvalue weighted by Gasteiger charge is -2.33. The number of H-pyrrole nitrogens is 1. The third-order valence-electron chi connectivity index (χ3n) is 6.13. The summed E-state index contributed by atoms with van der Waals surface area (Å²) < 4.78 is 0. The Balaban J connectivity index is 1.40. The Kier molecular flexibility index (Phi) is 3.63. The zero-order valence-corrected chi connectivity index (χ0v) is 15.2. The molecule has 2 aromatic carbocycles. The molecule has 1 unspecified atom stereocenters. The normalized spacial score (nSPS) is 19.3. The average Bonchev–Trinajstić information content (AvgIpc) is 3.04. The van der Waals surface area contributed by atoms with Crippen LogP contribution in [0.2, 0.25) is 0 Å². The summed E-state index contributed by atoms with van der Waals surface area (Å²) >= 11 is 0. The number of benzene rings is 2. The summed E-state index contributed by atoms with van der Waals surface area (Å²) in [4.78, 5) is 18.9. The van der Waals surface area contributed by atoms with Crippen molar-refractivity contribution in [1.82, 2.24) is 9.88 Å². The molecule has 3 heteroatoms. The second kappa shape index (κ2) is 6.01. The number of rotatable bonds is 1. The van der Waals surface area contributed by atoms with Crippen molar-refractivity contribution in [2.24, 2.45) is 5.92 Å². The molecule has 26 heavy (non-hydrogen) atoms. The summed E-state index contributed by atoms with van der Waals surface area (Å²) in [6.07, 6.45) is 3.78. The van der Waals surface area contributed by atoms with Crippen molar-refractivity contribution in [2.75, 3.05) is 6.54 Å². The number of hydrogen-bond acceptors (Lipinski definition) is 1. The van der Waals surface area contributed by atoms with Gasteiger partial charge in [-0.05, 0) is 61.4 Å². The van der Waals surface area contributed by atoms with E-state index in [0.717, 1.165) is 38.8 Å². The number of nitrogens with zero attached hydrogens (tertiary/aromatic N) is 1. The van der Waals surface area contributed by atoms with Crippen LogP contribution < -0.4 is 0 Å². The Bertz CT molecular complexity index is 1000. The van der Waals surface area contributed by atoms with Crippen LogP contribution >= 0.6 is 0 Å². The summed E-state index contributed by atoms with van der Waals surface area (Å²) in [5.74, 6) is 0.458. The molecule has 1 aromatic heterocycles. The second-order valence-electron chi connectivity index (χ2n) is 7.85. The van der Waals surface area contributed by atoms with Gasteiger partial charge in [0, 0.05) is 35.6 Å². The maximum Gasteiger partial charge on any atom is 0.226 e. The number of carbonyl (C=O) groups is 1. The second-order valence-corrected chi connectivity index (χ2v) is 7.85. The molecule has 1 N–H and O–H groups in total. The summed E-state index contributed by atoms with van der Waals surface area (Å²) in [5, 5.41) is 1.31. The number of aryl methyl sites for hydroxylation is 2. The monoisotopic (exact) mass is 344 g/mol. The lowest BCUT2D eigenvalue weighted by atomic mass is 9.85. The zero-order chi connectivity index (χ0) is 17.7. The predicted octanol–water partition coefficient (Wildman–Crippen LogP) is 4.17. The molecule has 2 aliphatic rings. The Labute approximate surface area is 154 Å². The van der Waals surface area contributed by atoms with Gasteiger partial charge in [-0.25, -0.2) is 0 Å². The van der Waals surface area contributed by atoms with Crippen LogP contribution in [-0.4, -0.2) is 22.3 Å². The topological polar surface area (TPSA) is 36.1 Å². The molecule has 0 spiro atoms. The minimum atomic E-state index is 0.118. The van der Waals surface area contributed by atoms with E-state index in [1.165, 1.54) is 38.9 Å². The molecule has 0 saturated carbocycles. The van der Waals surface area contributed by atoms with Crippen molar-refractivity contribution in [2.45, 2.75) is 39.2 Å². The molecule has 3 aromatic rings. The number of aromatic amines is 1. The molecule has 1 atom stereocenters. The molecule has 0 saturated heterocycles. The van der Waals surface area contributed by atoms with Gasteiger partial charge in [-0.15, -0.1) is 0 Å². The molecule has 2 heterocycles. The predicted molar refractivity (Wildman–Crippen MR) is 104 cm³/mol. The molecule has 1 aliphatic heterocycles. The Hall–Kier alpha value is -2.55. The van der Waals surface area contributed by atoms with E-state index < -0.39 is 0 Å². The fourth-order valence-electron chi connectivity index (χ4n) is 4.68. The third-order valence-corrected chi connectivity index (χ3v) is 6.13. The van der Waals surface area contributed by atoms with E-state index in [2.05, 4.69) is 59.3 Å². The van der Waals surface area contributed by atoms with Gasteiger partial charge in [0.15, 0.2) is 0 Å². The number of fused-ring (bicyclic) bond motifs is 4. The summed E-state index contributed by atoms with van der Waals surface area (Å²) in [6.45, 7) is 3.76. The maximum atomic E-state index is 13.2. The van der Waals surface area contributed by atoms with Crippen LogP contribution in [0.15, 0.2) is 42.5 Å². The highest BCUT2D eigenvalue weighted by molar-refractivity contribution is 5.87. The van der Waals surface area contributed by atoms with Crippen LogP contribution in [0.25, 0.3) is 10.9 Å². The smallest absolute Gasteiger partial charge is 0.226 e. The molecule has 1 aliphatic carbocycles. The Morgan fingerprint density at radius 1 is 1.12 bits per heavy atom. The minimum absolute atomic E-state index is 0.118. The van der Waals surface area contributed by atoms with Crippen molar-refractivity contribution in [3.05, 3.63) is 70.4 Å². The summed E-state index contributed by atoms with van der Waals surface area (Å²) in [7, 11) is 0. The third kappa shape index (κ3) is 2.54. The molecule has 0 fully saturated rings. The highest BCUT2D eigenvalue weighted by Gasteiger charge is 2.31. The van der Waals surface area contributed by atoms with Crippen molar-refractivity contribution < 1.29 is 4.79 Å². The van der Waals surface area contributed by atoms with Gasteiger partial charge in [0.05, 0.1) is 0 Å². The number of hydrogen-bond donors (Lipinski definition) is 1. The van der Waals surface area contributed by atoms with Gasteiger partial charge in [0.1, 0.15) is 0 Å². The molecule has 1 amide bonds. The minimum Gasteiger partial charge on any atom is -0.358 e. The highest BCUT2D eigenvalue weighted by atomic mass is 16.2. The van der Waals surface area contributed by atoms with Crippen LogP contribution in [0, 0.1) is 12.8 Å². The Morgan fingerprint density at radius 3 is 2.85 bits per heavy atom. The average molecular weight is 344 g/mol. The first kappa shape index (κ1) is 15.7. The lowest BCUT2D eigenvalue weighted by molar-refractivity contribution is -0.136. The van der Waals surface area contributed by atoms with Gasteiger partial charge in [0.25, 0.3) is 0 Å². The molecule has 3 nitrogen and oxygen atoms in total. The van der Waals surface area contributed by atoms with Crippen molar-refractivity contribution in [3.63, 3.8) is 0 Å². The van der Waals surface area contributed by atoms with Crippen LogP contribution in [0.4, 0.5) is 0 Å². The maximum absolute atomic E-state index is 13.2. The van der Waals surface area contributed by atoms with Crippen molar-refractivity contribution >= 4 is 16.8 Å². The Morgan fingerprint density at radius 2 is 1.96 bits per heavy atom. The lowest BCUT2D eigenvalue weighted by Crippen LogP contribution is -2.41. The zero-order valence-electron chi connectivity index (χ0n) is 15.2. The molecular weight excluding hydrogens is 320 g/mol. The molecular formula is C23H24N2O. The van der Waals surface area contributed by atoms with Gasteiger partial charge in [0.2, 0.25) is 5.91 Å². The first-order valence-electron chi connectivity index (χ1n) is 9.64. The van der Waals surface area contributed by atoms with Crippen LogP contribution in [0.3, 0.4) is 0 Å². The van der Waals surface area contributed by atoms with Gasteiger partial charge in [-0.1, -0.05) is 35.9 Å². The van der Waals surface area contributed by atoms with Crippen LogP contribution in [0.1, 0.15) is 34.4 Å². The van der Waals surface area contributed by atoms with E-state index in [-0.39, 0.29) is 5.92 Å². The van der Waals surface area contributed by atoms with E-state index in [1.54, 1.807) is 0 Å². The number of amides is 1. The van der Waals surface area contributed by atoms with Crippen molar-refractivity contribution in [1.29, 1.82) is 0 Å². The quantitative estimate of drug-likeness (QED) is 0.707. The SMILES string of the molecule is Cc1ccc2[nH]c3c(c2c1)CC(C(=O)N1CCc2ccccc2C1)CC3. The van der Waals surface area contributed by atoms with Gasteiger partial charge >= 0.3 is 0 Å². The summed E-state index contributed by atoms with van der Waals surface area (Å²) in [6, 6.07) is 15.1. The first-order chi connectivity index (χ1) is 12.7. The van der Waals surface area contributed by atoms with Crippen LogP contribution in [0.5, 0.6) is 0 Å². The van der Waals surface area contributed by atoms with E-state index in [9.17, 15) is 4.79 Å². The van der Waals surface area contributed by atoms with E-state index in [1.807, 2.05) is 0 Å². The highest BCUT2D eigenvalue weighted by Crippen LogP contribution is 2.33. The molecule has 5 rings (SSSR count). The largest absolute Gasteiger partial charge is 0.358 e. The van der Waals surface area contributed by atoms with E-state index in [4.69, 9.17) is 0 Å². The first-order valence-corrected chi connectivity index (χ1v) is 9.64. The molecule has 0 radical (unpaired) electrons. The number of nitrogens with one attached hydrogen (secondary N) is 1. The fourth-order valence-corrected chi connectivity index (χ4v) is 4.68. The molecule has 0 bridgehead atoms. The molecule has 132 valence electrons. The van der Waals surface area contributed by atoms with Gasteiger partial charge < -0.3 is 9.88 Å². The van der Waals surface area contributed by atoms with Gasteiger partial charge in [-0.3, -0.25) is 4.79 Å². The van der Waals surface area contributed by atoms with E-state index in [0.29, 0.717) is 5.91 Å². The van der Waals surface area contributed by atoms with Crippen LogP contribution in [-0.2, 0) is 30.6 Å². The van der Waals surface area contributed by atoms with Gasteiger partial charge in [-0.2, -0.15) is 0 Å². The summed E-state index contributed by atoms with van der Waals surface area (Å²) in [5.41, 5.74) is 7.89.